The quantitative estimate of drug-likeness (QED) is 0.447. The number of halogens is 1. The van der Waals surface area contributed by atoms with Gasteiger partial charge in [-0.3, -0.25) is 4.79 Å². The first-order valence-corrected chi connectivity index (χ1v) is 10.2. The van der Waals surface area contributed by atoms with E-state index >= 15 is 0 Å². The molecule has 0 aliphatic heterocycles. The van der Waals surface area contributed by atoms with Crippen LogP contribution in [0.2, 0.25) is 0 Å². The number of hydrogen-bond acceptors (Lipinski definition) is 6. The number of carbonyl (C=O) groups is 1. The molecule has 4 rings (SSSR count). The third-order valence-corrected chi connectivity index (χ3v) is 5.33. The molecule has 1 aliphatic carbocycles. The highest BCUT2D eigenvalue weighted by molar-refractivity contribution is 5.69. The Balaban J connectivity index is 1.52. The highest BCUT2D eigenvalue weighted by atomic mass is 19.1. The third-order valence-electron chi connectivity index (χ3n) is 5.33. The smallest absolute Gasteiger partial charge is 0.305 e. The van der Waals surface area contributed by atoms with Gasteiger partial charge in [0.05, 0.1) is 19.8 Å². The van der Waals surface area contributed by atoms with Crippen molar-refractivity contribution in [3.8, 4) is 22.8 Å². The molecule has 0 N–H and O–H groups in total. The van der Waals surface area contributed by atoms with Crippen LogP contribution in [0.3, 0.4) is 0 Å². The minimum absolute atomic E-state index is 0.210. The fraction of sp³-hybridized carbons (Fsp3) is 0.333. The van der Waals surface area contributed by atoms with Crippen molar-refractivity contribution in [1.29, 1.82) is 0 Å². The summed E-state index contributed by atoms with van der Waals surface area (Å²) in [5, 5.41) is 4.19. The molecule has 0 bridgehead atoms. The lowest BCUT2D eigenvalue weighted by Crippen LogP contribution is -2.02. The van der Waals surface area contributed by atoms with E-state index in [1.54, 1.807) is 12.1 Å². The monoisotopic (exact) mass is 425 g/mol. The van der Waals surface area contributed by atoms with Gasteiger partial charge in [-0.25, -0.2) is 4.39 Å². The Bertz CT molecular complexity index is 1070. The molecule has 162 valence electrons. The lowest BCUT2D eigenvalue weighted by atomic mass is 10.0. The van der Waals surface area contributed by atoms with Gasteiger partial charge < -0.3 is 18.7 Å². The van der Waals surface area contributed by atoms with Gasteiger partial charge in [-0.05, 0) is 61.1 Å². The second-order valence-corrected chi connectivity index (χ2v) is 7.50. The SMILES string of the molecule is COC(=O)CCc1cccc(OCc2noc(-c3cc(OC)ccc3F)c2C2CC2)c1. The number of hydrogen-bond donors (Lipinski definition) is 0. The number of rotatable bonds is 9. The van der Waals surface area contributed by atoms with E-state index in [2.05, 4.69) is 9.89 Å². The van der Waals surface area contributed by atoms with E-state index in [9.17, 15) is 9.18 Å². The van der Waals surface area contributed by atoms with Gasteiger partial charge in [0.15, 0.2) is 5.76 Å². The Hall–Kier alpha value is -3.35. The predicted octanol–water partition coefficient (Wildman–Crippen LogP) is 5.05. The molecule has 0 unspecified atom stereocenters. The van der Waals surface area contributed by atoms with Crippen LogP contribution < -0.4 is 9.47 Å². The number of esters is 1. The molecule has 0 radical (unpaired) electrons. The van der Waals surface area contributed by atoms with Crippen molar-refractivity contribution >= 4 is 5.97 Å². The summed E-state index contributed by atoms with van der Waals surface area (Å²) < 4.78 is 36.0. The average Bonchev–Trinajstić information content (AvgIpc) is 3.55. The molecule has 1 fully saturated rings. The number of aromatic nitrogens is 1. The van der Waals surface area contributed by atoms with Crippen molar-refractivity contribution in [3.63, 3.8) is 0 Å². The van der Waals surface area contributed by atoms with Crippen LogP contribution >= 0.6 is 0 Å². The zero-order valence-corrected chi connectivity index (χ0v) is 17.5. The highest BCUT2D eigenvalue weighted by Crippen LogP contribution is 2.47. The van der Waals surface area contributed by atoms with Crippen molar-refractivity contribution in [2.24, 2.45) is 0 Å². The zero-order valence-electron chi connectivity index (χ0n) is 17.5. The molecule has 31 heavy (non-hydrogen) atoms. The lowest BCUT2D eigenvalue weighted by molar-refractivity contribution is -0.140. The third kappa shape index (κ3) is 4.87. The van der Waals surface area contributed by atoms with E-state index in [1.807, 2.05) is 24.3 Å². The topological polar surface area (TPSA) is 70.8 Å². The molecule has 6 nitrogen and oxygen atoms in total. The van der Waals surface area contributed by atoms with E-state index in [4.69, 9.17) is 14.0 Å². The fourth-order valence-electron chi connectivity index (χ4n) is 3.52. The number of methoxy groups -OCH3 is 2. The molecule has 7 heteroatoms. The Labute approximate surface area is 179 Å². The molecule has 0 amide bonds. The Kier molecular flexibility index (Phi) is 6.21. The van der Waals surface area contributed by atoms with Crippen LogP contribution in [0.1, 0.15) is 42.0 Å². The van der Waals surface area contributed by atoms with E-state index in [-0.39, 0.29) is 24.3 Å². The number of nitrogens with zero attached hydrogens (tertiary/aromatic N) is 1. The van der Waals surface area contributed by atoms with Crippen LogP contribution in [0, 0.1) is 5.82 Å². The standard InChI is InChI=1S/C24H24FNO5/c1-28-17-9-10-20(25)19(13-17)24-23(16-7-8-16)21(26-31-24)14-30-18-5-3-4-15(12-18)6-11-22(27)29-2/h3-5,9-10,12-13,16H,6-8,11,14H2,1-2H3. The van der Waals surface area contributed by atoms with Crippen LogP contribution in [0.15, 0.2) is 47.0 Å². The Morgan fingerprint density at radius 3 is 2.74 bits per heavy atom. The van der Waals surface area contributed by atoms with Crippen molar-refractivity contribution in [1.82, 2.24) is 5.16 Å². The minimum atomic E-state index is -0.385. The van der Waals surface area contributed by atoms with E-state index in [0.717, 1.165) is 24.0 Å². The first-order valence-electron chi connectivity index (χ1n) is 10.2. The van der Waals surface area contributed by atoms with Crippen LogP contribution in [0.25, 0.3) is 11.3 Å². The summed E-state index contributed by atoms with van der Waals surface area (Å²) in [6.07, 6.45) is 2.90. The van der Waals surface area contributed by atoms with Gasteiger partial charge in [-0.1, -0.05) is 17.3 Å². The number of carbonyl (C=O) groups excluding carboxylic acids is 1. The van der Waals surface area contributed by atoms with Crippen molar-refractivity contribution in [2.45, 2.75) is 38.2 Å². The maximum absolute atomic E-state index is 14.5. The summed E-state index contributed by atoms with van der Waals surface area (Å²) in [5.41, 5.74) is 2.88. The van der Waals surface area contributed by atoms with Gasteiger partial charge >= 0.3 is 5.97 Å². The van der Waals surface area contributed by atoms with Gasteiger partial charge in [0.25, 0.3) is 0 Å². The largest absolute Gasteiger partial charge is 0.497 e. The van der Waals surface area contributed by atoms with Gasteiger partial charge in [-0.15, -0.1) is 0 Å². The summed E-state index contributed by atoms with van der Waals surface area (Å²) in [6, 6.07) is 12.1. The van der Waals surface area contributed by atoms with Gasteiger partial charge in [0, 0.05) is 12.0 Å². The first-order chi connectivity index (χ1) is 15.1. The Morgan fingerprint density at radius 1 is 1.16 bits per heavy atom. The normalized spacial score (nSPS) is 13.1. The van der Waals surface area contributed by atoms with E-state index in [1.165, 1.54) is 20.3 Å². The molecule has 1 heterocycles. The molecular formula is C24H24FNO5. The highest BCUT2D eigenvalue weighted by Gasteiger charge is 2.34. The number of aryl methyl sites for hydroxylation is 1. The van der Waals surface area contributed by atoms with Gasteiger partial charge in [0.2, 0.25) is 0 Å². The molecular weight excluding hydrogens is 401 g/mol. The van der Waals surface area contributed by atoms with E-state index in [0.29, 0.717) is 41.4 Å². The molecule has 0 spiro atoms. The summed E-state index contributed by atoms with van der Waals surface area (Å²) in [4.78, 5) is 11.4. The molecule has 3 aromatic rings. The fourth-order valence-corrected chi connectivity index (χ4v) is 3.52. The zero-order chi connectivity index (χ0) is 21.8. The number of benzene rings is 2. The maximum atomic E-state index is 14.5. The van der Waals surface area contributed by atoms with Gasteiger partial charge in [-0.2, -0.15) is 0 Å². The van der Waals surface area contributed by atoms with Gasteiger partial charge in [0.1, 0.15) is 29.6 Å². The molecule has 1 saturated carbocycles. The lowest BCUT2D eigenvalue weighted by Gasteiger charge is -2.08. The molecule has 2 aromatic carbocycles. The van der Waals surface area contributed by atoms with Crippen LogP contribution in [-0.2, 0) is 22.6 Å². The average molecular weight is 425 g/mol. The molecule has 1 aliphatic rings. The second kappa shape index (κ2) is 9.20. The summed E-state index contributed by atoms with van der Waals surface area (Å²) in [5.74, 6) is 1.31. The summed E-state index contributed by atoms with van der Waals surface area (Å²) in [6.45, 7) is 0.210. The van der Waals surface area contributed by atoms with Crippen molar-refractivity contribution in [3.05, 3.63) is 65.1 Å². The summed E-state index contributed by atoms with van der Waals surface area (Å²) >= 11 is 0. The molecule has 0 saturated heterocycles. The Morgan fingerprint density at radius 2 is 2.00 bits per heavy atom. The molecule has 1 aromatic heterocycles. The van der Waals surface area contributed by atoms with Crippen molar-refractivity contribution in [2.75, 3.05) is 14.2 Å². The predicted molar refractivity (Wildman–Crippen MR) is 112 cm³/mol. The van der Waals surface area contributed by atoms with Crippen LogP contribution in [0.5, 0.6) is 11.5 Å². The van der Waals surface area contributed by atoms with Crippen molar-refractivity contribution < 1.29 is 27.9 Å². The van der Waals surface area contributed by atoms with Crippen LogP contribution in [0.4, 0.5) is 4.39 Å². The first kappa shape index (κ1) is 20.9. The summed E-state index contributed by atoms with van der Waals surface area (Å²) in [7, 11) is 2.92. The van der Waals surface area contributed by atoms with E-state index < -0.39 is 0 Å². The molecule has 0 atom stereocenters. The minimum Gasteiger partial charge on any atom is -0.497 e. The second-order valence-electron chi connectivity index (χ2n) is 7.50. The number of ether oxygens (including phenoxy) is 3. The van der Waals surface area contributed by atoms with Crippen LogP contribution in [-0.4, -0.2) is 25.3 Å². The maximum Gasteiger partial charge on any atom is 0.305 e.